The number of carbonyl (C=O) groups excluding carboxylic acids is 2. The quantitative estimate of drug-likeness (QED) is 0.510. The minimum Gasteiger partial charge on any atom is -0.394 e. The molecule has 0 spiro atoms. The summed E-state index contributed by atoms with van der Waals surface area (Å²) in [6, 6.07) is 4.68. The summed E-state index contributed by atoms with van der Waals surface area (Å²) >= 11 is 0. The number of benzene rings is 1. The molecule has 0 radical (unpaired) electrons. The van der Waals surface area contributed by atoms with E-state index < -0.39 is 18.0 Å². The number of amides is 2. The second-order valence-electron chi connectivity index (χ2n) is 5.74. The summed E-state index contributed by atoms with van der Waals surface area (Å²) in [7, 11) is 0. The van der Waals surface area contributed by atoms with Crippen LogP contribution in [0.5, 0.6) is 0 Å². The van der Waals surface area contributed by atoms with Crippen LogP contribution in [0.3, 0.4) is 0 Å². The molecule has 2 amide bonds. The Balaban J connectivity index is 2.03. The van der Waals surface area contributed by atoms with Crippen LogP contribution in [0.1, 0.15) is 12.0 Å². The molecule has 1 aromatic carbocycles. The van der Waals surface area contributed by atoms with Gasteiger partial charge < -0.3 is 20.8 Å². The summed E-state index contributed by atoms with van der Waals surface area (Å²) < 4.78 is 13.3. The van der Waals surface area contributed by atoms with Crippen molar-refractivity contribution >= 4 is 11.8 Å². The predicted molar refractivity (Wildman–Crippen MR) is 84.3 cm³/mol. The van der Waals surface area contributed by atoms with Crippen molar-refractivity contribution in [3.63, 3.8) is 0 Å². The van der Waals surface area contributed by atoms with Gasteiger partial charge in [-0.1, -0.05) is 12.1 Å². The highest BCUT2D eigenvalue weighted by Gasteiger charge is 2.32. The fourth-order valence-electron chi connectivity index (χ4n) is 2.65. The van der Waals surface area contributed by atoms with Crippen LogP contribution >= 0.6 is 0 Å². The zero-order chi connectivity index (χ0) is 17.5. The molecule has 0 unspecified atom stereocenters. The van der Waals surface area contributed by atoms with Gasteiger partial charge >= 0.3 is 0 Å². The molecule has 1 aliphatic rings. The van der Waals surface area contributed by atoms with Gasteiger partial charge in [0.25, 0.3) is 0 Å². The van der Waals surface area contributed by atoms with Gasteiger partial charge in [-0.05, 0) is 17.7 Å². The van der Waals surface area contributed by atoms with Crippen molar-refractivity contribution in [1.29, 1.82) is 0 Å². The van der Waals surface area contributed by atoms with Crippen LogP contribution in [0, 0.1) is 5.82 Å². The first-order chi connectivity index (χ1) is 11.5. The van der Waals surface area contributed by atoms with E-state index in [0.717, 1.165) is 5.56 Å². The summed E-state index contributed by atoms with van der Waals surface area (Å²) in [6.07, 6.45) is -0.0996. The number of halogens is 1. The Kier molecular flexibility index (Phi) is 6.65. The molecule has 1 atom stereocenters. The summed E-state index contributed by atoms with van der Waals surface area (Å²) in [6.45, 7) is 0.594. The Hall–Kier alpha value is -2.03. The van der Waals surface area contributed by atoms with Crippen LogP contribution in [0.15, 0.2) is 24.3 Å². The maximum Gasteiger partial charge on any atom is 0.237 e. The molecule has 24 heavy (non-hydrogen) atoms. The maximum atomic E-state index is 13.3. The Bertz CT molecular complexity index is 580. The first kappa shape index (κ1) is 18.3. The molecular formula is C16H22FN3O4. The molecule has 0 saturated carbocycles. The van der Waals surface area contributed by atoms with E-state index in [0.29, 0.717) is 19.6 Å². The number of carbonyl (C=O) groups is 2. The lowest BCUT2D eigenvalue weighted by Crippen LogP contribution is -2.56. The summed E-state index contributed by atoms with van der Waals surface area (Å²) in [5.74, 6) is -1.05. The molecule has 7 nitrogen and oxygen atoms in total. The van der Waals surface area contributed by atoms with Crippen LogP contribution in [0.25, 0.3) is 0 Å². The fraction of sp³-hybridized carbons (Fsp3) is 0.500. The van der Waals surface area contributed by atoms with E-state index in [1.165, 1.54) is 12.1 Å². The van der Waals surface area contributed by atoms with Gasteiger partial charge in [0.05, 0.1) is 31.7 Å². The minimum absolute atomic E-state index is 0.0996. The normalized spacial score (nSPS) is 18.5. The van der Waals surface area contributed by atoms with E-state index in [4.69, 9.17) is 10.2 Å². The van der Waals surface area contributed by atoms with Crippen LogP contribution in [0.2, 0.25) is 0 Å². The Morgan fingerprint density at radius 3 is 2.83 bits per heavy atom. The predicted octanol–water partition coefficient (Wildman–Crippen LogP) is -1.01. The minimum atomic E-state index is -0.749. The van der Waals surface area contributed by atoms with E-state index in [-0.39, 0.29) is 31.4 Å². The van der Waals surface area contributed by atoms with Crippen molar-refractivity contribution in [2.24, 2.45) is 0 Å². The summed E-state index contributed by atoms with van der Waals surface area (Å²) in [5, 5.41) is 23.2. The lowest BCUT2D eigenvalue weighted by atomic mass is 10.1. The summed E-state index contributed by atoms with van der Waals surface area (Å²) in [4.78, 5) is 26.0. The number of nitrogens with one attached hydrogen (secondary N) is 2. The van der Waals surface area contributed by atoms with Crippen LogP contribution in [-0.2, 0) is 16.1 Å². The molecule has 8 heteroatoms. The number of aliphatic hydroxyl groups excluding tert-OH is 2. The first-order valence-electron chi connectivity index (χ1n) is 7.80. The van der Waals surface area contributed by atoms with Gasteiger partial charge in [-0.2, -0.15) is 0 Å². The van der Waals surface area contributed by atoms with Gasteiger partial charge in [-0.3, -0.25) is 14.5 Å². The number of hydrogen-bond acceptors (Lipinski definition) is 5. The molecule has 1 heterocycles. The third-order valence-electron chi connectivity index (χ3n) is 3.90. The second kappa shape index (κ2) is 8.72. The second-order valence-corrected chi connectivity index (χ2v) is 5.74. The van der Waals surface area contributed by atoms with E-state index >= 15 is 0 Å². The average molecular weight is 339 g/mol. The van der Waals surface area contributed by atoms with Crippen LogP contribution in [-0.4, -0.2) is 65.3 Å². The molecule has 0 bridgehead atoms. The van der Waals surface area contributed by atoms with Crippen molar-refractivity contribution in [2.45, 2.75) is 25.0 Å². The number of nitrogens with zero attached hydrogens (tertiary/aromatic N) is 1. The zero-order valence-corrected chi connectivity index (χ0v) is 13.2. The third kappa shape index (κ3) is 4.98. The van der Waals surface area contributed by atoms with Gasteiger partial charge in [0.1, 0.15) is 5.82 Å². The zero-order valence-electron chi connectivity index (χ0n) is 13.2. The maximum absolute atomic E-state index is 13.3. The highest BCUT2D eigenvalue weighted by atomic mass is 19.1. The molecule has 2 rings (SSSR count). The molecule has 132 valence electrons. The van der Waals surface area contributed by atoms with Crippen molar-refractivity contribution in [3.8, 4) is 0 Å². The highest BCUT2D eigenvalue weighted by Crippen LogP contribution is 2.14. The number of piperazine rings is 1. The van der Waals surface area contributed by atoms with Crippen molar-refractivity contribution in [2.75, 3.05) is 26.3 Å². The number of aliphatic hydroxyl groups is 2. The van der Waals surface area contributed by atoms with Crippen molar-refractivity contribution in [1.82, 2.24) is 15.5 Å². The Morgan fingerprint density at radius 2 is 2.17 bits per heavy atom. The lowest BCUT2D eigenvalue weighted by Gasteiger charge is -2.35. The largest absolute Gasteiger partial charge is 0.394 e. The molecule has 0 aromatic heterocycles. The van der Waals surface area contributed by atoms with Gasteiger partial charge in [0, 0.05) is 19.6 Å². The number of rotatable bonds is 7. The Morgan fingerprint density at radius 1 is 1.42 bits per heavy atom. The van der Waals surface area contributed by atoms with Gasteiger partial charge in [0.2, 0.25) is 11.8 Å². The molecule has 1 aromatic rings. The van der Waals surface area contributed by atoms with Crippen molar-refractivity contribution < 1.29 is 24.2 Å². The molecular weight excluding hydrogens is 317 g/mol. The molecule has 1 saturated heterocycles. The van der Waals surface area contributed by atoms with Crippen LogP contribution < -0.4 is 10.6 Å². The SMILES string of the molecule is O=C(C[C@H]1C(=O)NCCN1Cc1cccc(F)c1)NC(CO)CO. The van der Waals surface area contributed by atoms with E-state index in [2.05, 4.69) is 10.6 Å². The smallest absolute Gasteiger partial charge is 0.237 e. The molecule has 4 N–H and O–H groups in total. The number of hydrogen-bond donors (Lipinski definition) is 4. The molecule has 1 fully saturated rings. The fourth-order valence-corrected chi connectivity index (χ4v) is 2.65. The first-order valence-corrected chi connectivity index (χ1v) is 7.80. The van der Waals surface area contributed by atoms with E-state index in [9.17, 15) is 14.0 Å². The molecule has 0 aliphatic carbocycles. The van der Waals surface area contributed by atoms with Gasteiger partial charge in [0.15, 0.2) is 0 Å². The van der Waals surface area contributed by atoms with Crippen molar-refractivity contribution in [3.05, 3.63) is 35.6 Å². The molecule has 1 aliphatic heterocycles. The van der Waals surface area contributed by atoms with Gasteiger partial charge in [-0.15, -0.1) is 0 Å². The Labute approximate surface area is 139 Å². The summed E-state index contributed by atoms with van der Waals surface area (Å²) in [5.41, 5.74) is 0.721. The van der Waals surface area contributed by atoms with Crippen LogP contribution in [0.4, 0.5) is 4.39 Å². The third-order valence-corrected chi connectivity index (χ3v) is 3.90. The lowest BCUT2D eigenvalue weighted by molar-refractivity contribution is -0.134. The average Bonchev–Trinajstić information content (AvgIpc) is 2.56. The topological polar surface area (TPSA) is 102 Å². The highest BCUT2D eigenvalue weighted by molar-refractivity contribution is 5.88. The monoisotopic (exact) mass is 339 g/mol. The van der Waals surface area contributed by atoms with Gasteiger partial charge in [-0.25, -0.2) is 4.39 Å². The van der Waals surface area contributed by atoms with E-state index in [1.54, 1.807) is 12.1 Å². The van der Waals surface area contributed by atoms with E-state index in [1.807, 2.05) is 4.90 Å². The standard InChI is InChI=1S/C16H22FN3O4/c17-12-3-1-2-11(6-12)8-20-5-4-18-16(24)14(20)7-15(23)19-13(9-21)10-22/h1-3,6,13-14,21-22H,4-5,7-10H2,(H,18,24)(H,19,23)/t14-/m0/s1.